The molecule has 1 rings (SSSR count). The molecule has 5 heteroatoms. The summed E-state index contributed by atoms with van der Waals surface area (Å²) in [4.78, 5) is 26.0. The van der Waals surface area contributed by atoms with E-state index in [1.807, 2.05) is 4.90 Å². The molecule has 0 saturated carbocycles. The number of carbonyl (C=O) groups is 2. The van der Waals surface area contributed by atoms with Crippen LogP contribution in [0.15, 0.2) is 0 Å². The van der Waals surface area contributed by atoms with E-state index in [2.05, 4.69) is 13.8 Å². The number of hydrogen-bond acceptors (Lipinski definition) is 2. The highest BCUT2D eigenvalue weighted by molar-refractivity contribution is 5.75. The van der Waals surface area contributed by atoms with E-state index in [-0.39, 0.29) is 12.5 Å². The number of urea groups is 1. The molecule has 17 heavy (non-hydrogen) atoms. The van der Waals surface area contributed by atoms with Crippen molar-refractivity contribution in [3.05, 3.63) is 0 Å². The summed E-state index contributed by atoms with van der Waals surface area (Å²) in [7, 11) is 1.74. The van der Waals surface area contributed by atoms with Crippen molar-refractivity contribution in [1.82, 2.24) is 9.80 Å². The fraction of sp³-hybridized carbons (Fsp3) is 0.833. The Morgan fingerprint density at radius 3 is 2.53 bits per heavy atom. The molecule has 2 amide bonds. The van der Waals surface area contributed by atoms with Crippen LogP contribution in [0.3, 0.4) is 0 Å². The summed E-state index contributed by atoms with van der Waals surface area (Å²) in [5, 5.41) is 8.54. The molecule has 1 saturated heterocycles. The van der Waals surface area contributed by atoms with Crippen molar-refractivity contribution in [1.29, 1.82) is 0 Å². The van der Waals surface area contributed by atoms with Crippen molar-refractivity contribution in [2.45, 2.75) is 39.2 Å². The summed E-state index contributed by atoms with van der Waals surface area (Å²) in [5.41, 5.74) is 0. The second kappa shape index (κ2) is 5.89. The van der Waals surface area contributed by atoms with E-state index < -0.39 is 5.97 Å². The summed E-state index contributed by atoms with van der Waals surface area (Å²) < 4.78 is 0. The molecule has 0 spiro atoms. The second-order valence-corrected chi connectivity index (χ2v) is 5.04. The average molecular weight is 242 g/mol. The van der Waals surface area contributed by atoms with Gasteiger partial charge >= 0.3 is 12.0 Å². The van der Waals surface area contributed by atoms with Crippen molar-refractivity contribution in [3.63, 3.8) is 0 Å². The van der Waals surface area contributed by atoms with Gasteiger partial charge in [-0.05, 0) is 25.7 Å². The molecule has 0 aliphatic carbocycles. The molecule has 1 aliphatic rings. The van der Waals surface area contributed by atoms with Gasteiger partial charge < -0.3 is 14.9 Å². The Labute approximate surface area is 102 Å². The van der Waals surface area contributed by atoms with Gasteiger partial charge in [0.15, 0.2) is 0 Å². The third-order valence-corrected chi connectivity index (χ3v) is 3.24. The van der Waals surface area contributed by atoms with E-state index in [1.54, 1.807) is 11.9 Å². The SMILES string of the molecule is CC1CC(C)N(C(=O)N(C)CCCC(=O)O)C1. The van der Waals surface area contributed by atoms with Crippen molar-refractivity contribution in [3.8, 4) is 0 Å². The van der Waals surface area contributed by atoms with E-state index in [4.69, 9.17) is 5.11 Å². The summed E-state index contributed by atoms with van der Waals surface area (Å²) in [6.07, 6.45) is 1.67. The number of likely N-dealkylation sites (tertiary alicyclic amines) is 1. The Hall–Kier alpha value is -1.26. The summed E-state index contributed by atoms with van der Waals surface area (Å²) >= 11 is 0. The van der Waals surface area contributed by atoms with E-state index in [1.165, 1.54) is 0 Å². The lowest BCUT2D eigenvalue weighted by atomic mass is 10.1. The lowest BCUT2D eigenvalue weighted by Gasteiger charge is -2.27. The second-order valence-electron chi connectivity index (χ2n) is 5.04. The first-order valence-electron chi connectivity index (χ1n) is 6.15. The number of carbonyl (C=O) groups excluding carboxylic acids is 1. The Morgan fingerprint density at radius 1 is 1.41 bits per heavy atom. The van der Waals surface area contributed by atoms with Crippen molar-refractivity contribution >= 4 is 12.0 Å². The molecule has 0 aromatic rings. The molecule has 98 valence electrons. The van der Waals surface area contributed by atoms with Gasteiger partial charge in [-0.15, -0.1) is 0 Å². The fourth-order valence-corrected chi connectivity index (χ4v) is 2.35. The van der Waals surface area contributed by atoms with Crippen LogP contribution >= 0.6 is 0 Å². The van der Waals surface area contributed by atoms with Crippen molar-refractivity contribution in [2.75, 3.05) is 20.1 Å². The number of carboxylic acid groups (broad SMARTS) is 1. The summed E-state index contributed by atoms with van der Waals surface area (Å²) in [6, 6.07) is 0.312. The monoisotopic (exact) mass is 242 g/mol. The fourth-order valence-electron chi connectivity index (χ4n) is 2.35. The van der Waals surface area contributed by atoms with Crippen LogP contribution in [0.5, 0.6) is 0 Å². The first kappa shape index (κ1) is 13.8. The largest absolute Gasteiger partial charge is 0.481 e. The third kappa shape index (κ3) is 3.91. The number of aliphatic carboxylic acids is 1. The Balaban J connectivity index is 2.38. The summed E-state index contributed by atoms with van der Waals surface area (Å²) in [6.45, 7) is 5.52. The summed E-state index contributed by atoms with van der Waals surface area (Å²) in [5.74, 6) is -0.254. The van der Waals surface area contributed by atoms with Crippen LogP contribution in [-0.2, 0) is 4.79 Å². The molecule has 0 bridgehead atoms. The van der Waals surface area contributed by atoms with Gasteiger partial charge in [0.05, 0.1) is 0 Å². The van der Waals surface area contributed by atoms with Crippen LogP contribution < -0.4 is 0 Å². The van der Waals surface area contributed by atoms with E-state index in [0.29, 0.717) is 24.9 Å². The predicted molar refractivity (Wildman–Crippen MR) is 64.8 cm³/mol. The topological polar surface area (TPSA) is 60.9 Å². The molecular weight excluding hydrogens is 220 g/mol. The van der Waals surface area contributed by atoms with Crippen molar-refractivity contribution in [2.24, 2.45) is 5.92 Å². The van der Waals surface area contributed by atoms with Gasteiger partial charge in [-0.2, -0.15) is 0 Å². The molecule has 0 aromatic heterocycles. The van der Waals surface area contributed by atoms with Crippen molar-refractivity contribution < 1.29 is 14.7 Å². The highest BCUT2D eigenvalue weighted by Gasteiger charge is 2.31. The molecule has 1 heterocycles. The number of carboxylic acids is 1. The van der Waals surface area contributed by atoms with Crippen LogP contribution in [0.4, 0.5) is 4.79 Å². The Morgan fingerprint density at radius 2 is 2.06 bits per heavy atom. The molecule has 5 nitrogen and oxygen atoms in total. The van der Waals surface area contributed by atoms with E-state index in [0.717, 1.165) is 13.0 Å². The first-order chi connectivity index (χ1) is 7.91. The maximum Gasteiger partial charge on any atom is 0.319 e. The normalized spacial score (nSPS) is 23.8. The van der Waals surface area contributed by atoms with Crippen LogP contribution in [-0.4, -0.2) is 53.1 Å². The molecule has 1 fully saturated rings. The molecular formula is C12H22N2O3. The number of amides is 2. The quantitative estimate of drug-likeness (QED) is 0.815. The van der Waals surface area contributed by atoms with Gasteiger partial charge in [-0.3, -0.25) is 4.79 Å². The van der Waals surface area contributed by atoms with Crippen LogP contribution in [0.25, 0.3) is 0 Å². The van der Waals surface area contributed by atoms with Gasteiger partial charge in [-0.25, -0.2) is 4.79 Å². The predicted octanol–water partition coefficient (Wildman–Crippen LogP) is 1.63. The zero-order valence-electron chi connectivity index (χ0n) is 10.8. The number of nitrogens with zero attached hydrogens (tertiary/aromatic N) is 2. The first-order valence-corrected chi connectivity index (χ1v) is 6.15. The minimum absolute atomic E-state index is 0.0206. The molecule has 0 aromatic carbocycles. The van der Waals surface area contributed by atoms with Gasteiger partial charge in [-0.1, -0.05) is 6.92 Å². The van der Waals surface area contributed by atoms with E-state index >= 15 is 0 Å². The van der Waals surface area contributed by atoms with Gasteiger partial charge in [0.1, 0.15) is 0 Å². The maximum absolute atomic E-state index is 12.1. The standard InChI is InChI=1S/C12H22N2O3/c1-9-7-10(2)14(8-9)12(17)13(3)6-4-5-11(15)16/h9-10H,4-8H2,1-3H3,(H,15,16). The zero-order valence-corrected chi connectivity index (χ0v) is 10.8. The molecule has 0 radical (unpaired) electrons. The van der Waals surface area contributed by atoms with Crippen LogP contribution in [0.1, 0.15) is 33.1 Å². The highest BCUT2D eigenvalue weighted by Crippen LogP contribution is 2.23. The van der Waals surface area contributed by atoms with Gasteiger partial charge in [0, 0.05) is 32.6 Å². The maximum atomic E-state index is 12.1. The Bertz CT molecular complexity index is 293. The molecule has 1 N–H and O–H groups in total. The Kier molecular flexibility index (Phi) is 4.78. The lowest BCUT2D eigenvalue weighted by molar-refractivity contribution is -0.137. The minimum Gasteiger partial charge on any atom is -0.481 e. The number of hydrogen-bond donors (Lipinski definition) is 1. The smallest absolute Gasteiger partial charge is 0.319 e. The zero-order chi connectivity index (χ0) is 13.0. The van der Waals surface area contributed by atoms with Crippen LogP contribution in [0, 0.1) is 5.92 Å². The molecule has 1 aliphatic heterocycles. The minimum atomic E-state index is -0.811. The molecule has 2 atom stereocenters. The lowest BCUT2D eigenvalue weighted by Crippen LogP contribution is -2.43. The average Bonchev–Trinajstić information content (AvgIpc) is 2.56. The van der Waals surface area contributed by atoms with Crippen LogP contribution in [0.2, 0.25) is 0 Å². The third-order valence-electron chi connectivity index (χ3n) is 3.24. The number of rotatable bonds is 4. The molecule has 2 unspecified atom stereocenters. The van der Waals surface area contributed by atoms with Gasteiger partial charge in [0.25, 0.3) is 0 Å². The van der Waals surface area contributed by atoms with Gasteiger partial charge in [0.2, 0.25) is 0 Å². The highest BCUT2D eigenvalue weighted by atomic mass is 16.4. The van der Waals surface area contributed by atoms with E-state index in [9.17, 15) is 9.59 Å².